The molecule has 15 heavy (non-hydrogen) atoms. The number of rotatable bonds is 5. The van der Waals surface area contributed by atoms with Crippen LogP contribution < -0.4 is 5.73 Å². The van der Waals surface area contributed by atoms with E-state index in [1.165, 1.54) is 0 Å². The van der Waals surface area contributed by atoms with Gasteiger partial charge < -0.3 is 20.5 Å². The number of ether oxygens (including phenoxy) is 1. The van der Waals surface area contributed by atoms with Gasteiger partial charge in [0.25, 0.3) is 0 Å². The van der Waals surface area contributed by atoms with Crippen molar-refractivity contribution >= 4 is 0 Å². The van der Waals surface area contributed by atoms with Gasteiger partial charge in [0.15, 0.2) is 0 Å². The first-order valence-electron chi connectivity index (χ1n) is 5.82. The second kappa shape index (κ2) is 5.80. The van der Waals surface area contributed by atoms with Crippen molar-refractivity contribution in [3.8, 4) is 0 Å². The molecular weight excluding hydrogens is 192 g/mol. The Bertz CT molecular complexity index is 177. The van der Waals surface area contributed by atoms with Crippen molar-refractivity contribution in [1.82, 2.24) is 4.90 Å². The van der Waals surface area contributed by atoms with E-state index in [9.17, 15) is 0 Å². The molecule has 1 fully saturated rings. The number of nitrogens with zero attached hydrogens (tertiary/aromatic N) is 1. The largest absolute Gasteiger partial charge is 0.394 e. The van der Waals surface area contributed by atoms with E-state index in [1.54, 1.807) is 0 Å². The lowest BCUT2D eigenvalue weighted by atomic mass is 9.90. The highest BCUT2D eigenvalue weighted by molar-refractivity contribution is 4.89. The molecule has 0 amide bonds. The van der Waals surface area contributed by atoms with Crippen molar-refractivity contribution in [2.75, 3.05) is 32.8 Å². The van der Waals surface area contributed by atoms with Crippen LogP contribution in [0.25, 0.3) is 0 Å². The van der Waals surface area contributed by atoms with E-state index in [-0.39, 0.29) is 12.2 Å². The lowest BCUT2D eigenvalue weighted by Gasteiger charge is -2.42. The van der Waals surface area contributed by atoms with Gasteiger partial charge in [0.2, 0.25) is 0 Å². The van der Waals surface area contributed by atoms with Gasteiger partial charge in [-0.2, -0.15) is 0 Å². The second-order valence-electron chi connectivity index (χ2n) is 4.59. The normalized spacial score (nSPS) is 22.2. The molecule has 0 unspecified atom stereocenters. The third-order valence-corrected chi connectivity index (χ3v) is 3.31. The fourth-order valence-electron chi connectivity index (χ4n) is 2.12. The van der Waals surface area contributed by atoms with Gasteiger partial charge in [-0.1, -0.05) is 0 Å². The summed E-state index contributed by atoms with van der Waals surface area (Å²) < 4.78 is 5.70. The molecule has 1 aliphatic rings. The Morgan fingerprint density at radius 3 is 2.40 bits per heavy atom. The van der Waals surface area contributed by atoms with Crippen LogP contribution in [0, 0.1) is 0 Å². The highest BCUT2D eigenvalue weighted by Crippen LogP contribution is 2.26. The van der Waals surface area contributed by atoms with Gasteiger partial charge in [0.1, 0.15) is 0 Å². The Kier molecular flexibility index (Phi) is 4.99. The van der Waals surface area contributed by atoms with Gasteiger partial charge in [0, 0.05) is 25.7 Å². The summed E-state index contributed by atoms with van der Waals surface area (Å²) in [6.45, 7) is 7.54. The molecule has 0 aromatic carbocycles. The molecule has 1 saturated heterocycles. The number of likely N-dealkylation sites (tertiary alicyclic amines) is 1. The third kappa shape index (κ3) is 3.41. The van der Waals surface area contributed by atoms with E-state index >= 15 is 0 Å². The van der Waals surface area contributed by atoms with Crippen molar-refractivity contribution < 1.29 is 9.84 Å². The van der Waals surface area contributed by atoms with E-state index < -0.39 is 0 Å². The summed E-state index contributed by atoms with van der Waals surface area (Å²) in [7, 11) is 0. The molecule has 90 valence electrons. The monoisotopic (exact) mass is 216 g/mol. The first-order valence-corrected chi connectivity index (χ1v) is 5.82. The van der Waals surface area contributed by atoms with Gasteiger partial charge in [-0.3, -0.25) is 0 Å². The van der Waals surface area contributed by atoms with Crippen LogP contribution in [0.15, 0.2) is 0 Å². The molecule has 0 bridgehead atoms. The summed E-state index contributed by atoms with van der Waals surface area (Å²) in [5.74, 6) is 0. The quantitative estimate of drug-likeness (QED) is 0.689. The van der Waals surface area contributed by atoms with Crippen LogP contribution in [-0.2, 0) is 4.74 Å². The lowest BCUT2D eigenvalue weighted by Crippen LogP contribution is -2.52. The van der Waals surface area contributed by atoms with Crippen molar-refractivity contribution in [2.45, 2.75) is 38.3 Å². The van der Waals surface area contributed by atoms with E-state index in [2.05, 4.69) is 18.7 Å². The van der Waals surface area contributed by atoms with Crippen LogP contribution in [0.2, 0.25) is 0 Å². The standard InChI is InChI=1S/C11H24N2O2/c1-10(2)13-5-3-11(9-12,4-6-13)15-8-7-14/h10,14H,3-9,12H2,1-2H3. The Morgan fingerprint density at radius 2 is 2.00 bits per heavy atom. The number of aliphatic hydroxyl groups excluding tert-OH is 1. The molecule has 0 aromatic heterocycles. The van der Waals surface area contributed by atoms with Crippen LogP contribution in [0.1, 0.15) is 26.7 Å². The highest BCUT2D eigenvalue weighted by Gasteiger charge is 2.34. The molecule has 0 saturated carbocycles. The predicted molar refractivity (Wildman–Crippen MR) is 60.8 cm³/mol. The maximum absolute atomic E-state index is 8.77. The predicted octanol–water partition coefficient (Wildman–Crippen LogP) is 0.197. The zero-order chi connectivity index (χ0) is 11.3. The van der Waals surface area contributed by atoms with E-state index in [0.717, 1.165) is 25.9 Å². The fourth-order valence-corrected chi connectivity index (χ4v) is 2.12. The van der Waals surface area contributed by atoms with Gasteiger partial charge >= 0.3 is 0 Å². The SMILES string of the molecule is CC(C)N1CCC(CN)(OCCO)CC1. The topological polar surface area (TPSA) is 58.7 Å². The summed E-state index contributed by atoms with van der Waals surface area (Å²) in [6.07, 6.45) is 1.95. The number of aliphatic hydroxyl groups is 1. The molecular formula is C11H24N2O2. The minimum Gasteiger partial charge on any atom is -0.394 e. The van der Waals surface area contributed by atoms with Gasteiger partial charge in [-0.25, -0.2) is 0 Å². The molecule has 0 atom stereocenters. The minimum absolute atomic E-state index is 0.0790. The zero-order valence-corrected chi connectivity index (χ0v) is 9.91. The molecule has 0 radical (unpaired) electrons. The Labute approximate surface area is 92.4 Å². The smallest absolute Gasteiger partial charge is 0.0829 e. The molecule has 0 aliphatic carbocycles. The fraction of sp³-hybridized carbons (Fsp3) is 1.00. The average Bonchev–Trinajstić information content (AvgIpc) is 2.27. The first-order chi connectivity index (χ1) is 7.13. The first kappa shape index (κ1) is 12.9. The van der Waals surface area contributed by atoms with Crippen molar-refractivity contribution in [3.05, 3.63) is 0 Å². The summed E-state index contributed by atoms with van der Waals surface area (Å²) in [4.78, 5) is 2.44. The van der Waals surface area contributed by atoms with E-state index in [1.807, 2.05) is 0 Å². The summed E-state index contributed by atoms with van der Waals surface area (Å²) in [5, 5.41) is 8.77. The summed E-state index contributed by atoms with van der Waals surface area (Å²) in [6, 6.07) is 0.596. The van der Waals surface area contributed by atoms with Crippen molar-refractivity contribution in [1.29, 1.82) is 0 Å². The maximum atomic E-state index is 8.77. The molecule has 4 heteroatoms. The molecule has 3 N–H and O–H groups in total. The lowest BCUT2D eigenvalue weighted by molar-refractivity contribution is -0.0895. The Morgan fingerprint density at radius 1 is 1.40 bits per heavy atom. The van der Waals surface area contributed by atoms with Crippen molar-refractivity contribution in [2.24, 2.45) is 5.73 Å². The van der Waals surface area contributed by atoms with Gasteiger partial charge in [0.05, 0.1) is 18.8 Å². The maximum Gasteiger partial charge on any atom is 0.0829 e. The van der Waals surface area contributed by atoms with Crippen LogP contribution in [0.4, 0.5) is 0 Å². The molecule has 1 heterocycles. The molecule has 0 spiro atoms. The van der Waals surface area contributed by atoms with Gasteiger partial charge in [-0.05, 0) is 26.7 Å². The Hall–Kier alpha value is -0.160. The number of hydrogen-bond acceptors (Lipinski definition) is 4. The Balaban J connectivity index is 2.43. The minimum atomic E-state index is -0.186. The van der Waals surface area contributed by atoms with Crippen LogP contribution >= 0.6 is 0 Å². The summed E-state index contributed by atoms with van der Waals surface area (Å²) >= 11 is 0. The third-order valence-electron chi connectivity index (χ3n) is 3.31. The molecule has 4 nitrogen and oxygen atoms in total. The van der Waals surface area contributed by atoms with Crippen LogP contribution in [0.5, 0.6) is 0 Å². The zero-order valence-electron chi connectivity index (χ0n) is 9.91. The van der Waals surface area contributed by atoms with Gasteiger partial charge in [-0.15, -0.1) is 0 Å². The highest BCUT2D eigenvalue weighted by atomic mass is 16.5. The van der Waals surface area contributed by atoms with E-state index in [0.29, 0.717) is 19.2 Å². The van der Waals surface area contributed by atoms with E-state index in [4.69, 9.17) is 15.6 Å². The van der Waals surface area contributed by atoms with Crippen LogP contribution in [0.3, 0.4) is 0 Å². The molecule has 1 aliphatic heterocycles. The van der Waals surface area contributed by atoms with Crippen molar-refractivity contribution in [3.63, 3.8) is 0 Å². The number of hydrogen-bond donors (Lipinski definition) is 2. The number of nitrogens with two attached hydrogens (primary N) is 1. The number of piperidine rings is 1. The molecule has 1 rings (SSSR count). The second-order valence-corrected chi connectivity index (χ2v) is 4.59. The van der Waals surface area contributed by atoms with Crippen LogP contribution in [-0.4, -0.2) is 54.5 Å². The average molecular weight is 216 g/mol. The summed E-state index contributed by atoms with van der Waals surface area (Å²) in [5.41, 5.74) is 5.59. The molecule has 0 aromatic rings.